The number of nitrogens with zero attached hydrogens (tertiary/aromatic N) is 2. The molecule has 0 atom stereocenters. The SMILES string of the molecule is CC(C)(C)C(=O)N1CCCN(C(=O)c2ccc3c(c2)NC(=O)CCO3)CC1. The minimum Gasteiger partial charge on any atom is -0.491 e. The maximum Gasteiger partial charge on any atom is 0.253 e. The lowest BCUT2D eigenvalue weighted by atomic mass is 9.94. The number of amides is 3. The molecular weight excluding hydrogens is 346 g/mol. The summed E-state index contributed by atoms with van der Waals surface area (Å²) in [6.07, 6.45) is 1.04. The predicted molar refractivity (Wildman–Crippen MR) is 102 cm³/mol. The Morgan fingerprint density at radius 3 is 2.52 bits per heavy atom. The molecule has 1 fully saturated rings. The van der Waals surface area contributed by atoms with E-state index in [2.05, 4.69) is 5.32 Å². The first-order valence-electron chi connectivity index (χ1n) is 9.41. The Morgan fingerprint density at radius 1 is 1.07 bits per heavy atom. The van der Waals surface area contributed by atoms with Gasteiger partial charge in [0.2, 0.25) is 11.8 Å². The first-order valence-corrected chi connectivity index (χ1v) is 9.41. The van der Waals surface area contributed by atoms with Crippen LogP contribution >= 0.6 is 0 Å². The third-order valence-corrected chi connectivity index (χ3v) is 4.80. The van der Waals surface area contributed by atoms with Crippen molar-refractivity contribution >= 4 is 23.4 Å². The number of benzene rings is 1. The third kappa shape index (κ3) is 4.40. The Morgan fingerprint density at radius 2 is 1.78 bits per heavy atom. The summed E-state index contributed by atoms with van der Waals surface area (Å²) in [5.41, 5.74) is 0.617. The summed E-state index contributed by atoms with van der Waals surface area (Å²) in [7, 11) is 0. The van der Waals surface area contributed by atoms with E-state index < -0.39 is 5.41 Å². The molecule has 2 aliphatic heterocycles. The van der Waals surface area contributed by atoms with Crippen LogP contribution in [0.5, 0.6) is 5.75 Å². The van der Waals surface area contributed by atoms with E-state index in [1.54, 1.807) is 23.1 Å². The van der Waals surface area contributed by atoms with Crippen LogP contribution in [0.3, 0.4) is 0 Å². The van der Waals surface area contributed by atoms with Gasteiger partial charge in [-0.2, -0.15) is 0 Å². The van der Waals surface area contributed by atoms with E-state index in [1.165, 1.54) is 0 Å². The number of ether oxygens (including phenoxy) is 1. The summed E-state index contributed by atoms with van der Waals surface area (Å²) in [5, 5.41) is 2.78. The van der Waals surface area contributed by atoms with Crippen molar-refractivity contribution in [1.29, 1.82) is 0 Å². The van der Waals surface area contributed by atoms with Gasteiger partial charge in [0, 0.05) is 37.2 Å². The fourth-order valence-corrected chi connectivity index (χ4v) is 3.33. The van der Waals surface area contributed by atoms with Crippen LogP contribution in [0.1, 0.15) is 44.0 Å². The minimum absolute atomic E-state index is 0.0960. The van der Waals surface area contributed by atoms with Crippen molar-refractivity contribution in [3.8, 4) is 5.75 Å². The van der Waals surface area contributed by atoms with Gasteiger partial charge < -0.3 is 19.9 Å². The number of hydrogen-bond donors (Lipinski definition) is 1. The number of carbonyl (C=O) groups is 3. The van der Waals surface area contributed by atoms with Crippen molar-refractivity contribution in [2.75, 3.05) is 38.1 Å². The van der Waals surface area contributed by atoms with E-state index in [0.717, 1.165) is 6.42 Å². The summed E-state index contributed by atoms with van der Waals surface area (Å²) < 4.78 is 5.54. The van der Waals surface area contributed by atoms with Crippen LogP contribution in [0.4, 0.5) is 5.69 Å². The molecule has 0 aromatic heterocycles. The summed E-state index contributed by atoms with van der Waals surface area (Å²) in [5.74, 6) is 0.475. The fourth-order valence-electron chi connectivity index (χ4n) is 3.33. The number of rotatable bonds is 1. The molecule has 2 heterocycles. The van der Waals surface area contributed by atoms with Crippen LogP contribution in [0.25, 0.3) is 0 Å². The second-order valence-corrected chi connectivity index (χ2v) is 8.05. The number of anilines is 1. The van der Waals surface area contributed by atoms with Crippen molar-refractivity contribution in [2.45, 2.75) is 33.6 Å². The monoisotopic (exact) mass is 373 g/mol. The fraction of sp³-hybridized carbons (Fsp3) is 0.550. The molecule has 1 N–H and O–H groups in total. The second-order valence-electron chi connectivity index (χ2n) is 8.05. The molecule has 1 saturated heterocycles. The lowest BCUT2D eigenvalue weighted by Crippen LogP contribution is -2.42. The highest BCUT2D eigenvalue weighted by Gasteiger charge is 2.30. The molecule has 7 heteroatoms. The van der Waals surface area contributed by atoms with Gasteiger partial charge in [-0.05, 0) is 24.6 Å². The second kappa shape index (κ2) is 7.58. The van der Waals surface area contributed by atoms with Gasteiger partial charge in [-0.3, -0.25) is 14.4 Å². The molecule has 0 aliphatic carbocycles. The topological polar surface area (TPSA) is 79.0 Å². The first kappa shape index (κ1) is 19.2. The maximum absolute atomic E-state index is 12.9. The van der Waals surface area contributed by atoms with E-state index in [9.17, 15) is 14.4 Å². The van der Waals surface area contributed by atoms with Gasteiger partial charge in [-0.25, -0.2) is 0 Å². The average Bonchev–Trinajstić information content (AvgIpc) is 2.96. The smallest absolute Gasteiger partial charge is 0.253 e. The van der Waals surface area contributed by atoms with Crippen LogP contribution < -0.4 is 10.1 Å². The van der Waals surface area contributed by atoms with Crippen LogP contribution in [0.2, 0.25) is 0 Å². The van der Waals surface area contributed by atoms with E-state index in [4.69, 9.17) is 4.74 Å². The lowest BCUT2D eigenvalue weighted by Gasteiger charge is -2.28. The number of nitrogens with one attached hydrogen (secondary N) is 1. The van der Waals surface area contributed by atoms with Gasteiger partial charge in [-0.1, -0.05) is 20.8 Å². The minimum atomic E-state index is -0.422. The molecule has 0 saturated carbocycles. The molecule has 0 unspecified atom stereocenters. The predicted octanol–water partition coefficient (Wildman–Crippen LogP) is 2.13. The highest BCUT2D eigenvalue weighted by molar-refractivity contribution is 5.98. The molecule has 0 bridgehead atoms. The van der Waals surface area contributed by atoms with Gasteiger partial charge in [0.15, 0.2) is 0 Å². The van der Waals surface area contributed by atoms with Crippen molar-refractivity contribution in [3.05, 3.63) is 23.8 Å². The van der Waals surface area contributed by atoms with Gasteiger partial charge >= 0.3 is 0 Å². The van der Waals surface area contributed by atoms with Gasteiger partial charge in [0.1, 0.15) is 5.75 Å². The molecule has 7 nitrogen and oxygen atoms in total. The molecule has 2 aliphatic rings. The summed E-state index contributed by atoms with van der Waals surface area (Å²) in [4.78, 5) is 40.8. The zero-order valence-electron chi connectivity index (χ0n) is 16.2. The van der Waals surface area contributed by atoms with Crippen molar-refractivity contribution in [3.63, 3.8) is 0 Å². The maximum atomic E-state index is 12.9. The molecule has 27 heavy (non-hydrogen) atoms. The van der Waals surface area contributed by atoms with Gasteiger partial charge in [-0.15, -0.1) is 0 Å². The average molecular weight is 373 g/mol. The van der Waals surface area contributed by atoms with Crippen molar-refractivity contribution < 1.29 is 19.1 Å². The molecular formula is C20H27N3O4. The summed E-state index contributed by atoms with van der Waals surface area (Å²) in [6.45, 7) is 8.36. The highest BCUT2D eigenvalue weighted by atomic mass is 16.5. The zero-order valence-corrected chi connectivity index (χ0v) is 16.2. The molecule has 3 amide bonds. The van der Waals surface area contributed by atoms with Crippen molar-refractivity contribution in [2.24, 2.45) is 5.41 Å². The van der Waals surface area contributed by atoms with Gasteiger partial charge in [0.05, 0.1) is 18.7 Å². The molecule has 3 rings (SSSR count). The Kier molecular flexibility index (Phi) is 5.39. The molecule has 0 radical (unpaired) electrons. The first-order chi connectivity index (χ1) is 12.8. The summed E-state index contributed by atoms with van der Waals surface area (Å²) >= 11 is 0. The van der Waals surface area contributed by atoms with Crippen LogP contribution in [0, 0.1) is 5.41 Å². The molecule has 1 aromatic carbocycles. The normalized spacial score (nSPS) is 18.0. The van der Waals surface area contributed by atoms with E-state index in [0.29, 0.717) is 56.2 Å². The Labute approximate surface area is 159 Å². The number of fused-ring (bicyclic) bond motifs is 1. The van der Waals surface area contributed by atoms with E-state index in [1.807, 2.05) is 25.7 Å². The van der Waals surface area contributed by atoms with E-state index >= 15 is 0 Å². The Bertz CT molecular complexity index is 754. The molecule has 1 aromatic rings. The largest absolute Gasteiger partial charge is 0.491 e. The lowest BCUT2D eigenvalue weighted by molar-refractivity contribution is -0.139. The highest BCUT2D eigenvalue weighted by Crippen LogP contribution is 2.29. The standard InChI is InChI=1S/C20H27N3O4/c1-20(2,3)19(26)23-9-4-8-22(10-11-23)18(25)14-5-6-16-15(13-14)21-17(24)7-12-27-16/h5-6,13H,4,7-12H2,1-3H3,(H,21,24). The third-order valence-electron chi connectivity index (χ3n) is 4.80. The quantitative estimate of drug-likeness (QED) is 0.818. The molecule has 0 spiro atoms. The molecule has 146 valence electrons. The van der Waals surface area contributed by atoms with E-state index in [-0.39, 0.29) is 17.7 Å². The Balaban J connectivity index is 1.71. The zero-order chi connectivity index (χ0) is 19.6. The number of carbonyl (C=O) groups excluding carboxylic acids is 3. The van der Waals surface area contributed by atoms with Gasteiger partial charge in [0.25, 0.3) is 5.91 Å². The van der Waals surface area contributed by atoms with Crippen LogP contribution in [-0.2, 0) is 9.59 Å². The number of hydrogen-bond acceptors (Lipinski definition) is 4. The van der Waals surface area contributed by atoms with Crippen LogP contribution in [0.15, 0.2) is 18.2 Å². The van der Waals surface area contributed by atoms with Crippen LogP contribution in [-0.4, -0.2) is 60.3 Å². The Hall–Kier alpha value is -2.57. The van der Waals surface area contributed by atoms with Crippen molar-refractivity contribution in [1.82, 2.24) is 9.80 Å². The summed E-state index contributed by atoms with van der Waals surface area (Å²) in [6, 6.07) is 5.12.